The number of hydrogen-bond donors (Lipinski definition) is 4. The quantitative estimate of drug-likeness (QED) is 0.452. The predicted molar refractivity (Wildman–Crippen MR) is 58.5 cm³/mol. The molecule has 0 spiro atoms. The van der Waals surface area contributed by atoms with Gasteiger partial charge in [0.15, 0.2) is 0 Å². The number of amides is 1. The topological polar surface area (TPSA) is 81.6 Å². The van der Waals surface area contributed by atoms with E-state index >= 15 is 0 Å². The smallest absolute Gasteiger partial charge is 0.234 e. The number of aliphatic hydroxyl groups is 2. The lowest BCUT2D eigenvalue weighted by atomic mass is 10.0. The van der Waals surface area contributed by atoms with Crippen LogP contribution in [0, 0.1) is 0 Å². The zero-order valence-corrected chi connectivity index (χ0v) is 9.71. The Labute approximate surface area is 90.9 Å². The lowest BCUT2D eigenvalue weighted by molar-refractivity contribution is -0.121. The molecule has 0 aromatic carbocycles. The molecular weight excluding hydrogens is 196 g/mol. The zero-order valence-electron chi connectivity index (χ0n) is 9.71. The van der Waals surface area contributed by atoms with Crippen molar-refractivity contribution in [3.63, 3.8) is 0 Å². The lowest BCUT2D eigenvalue weighted by Crippen LogP contribution is -2.47. The average Bonchev–Trinajstić information content (AvgIpc) is 2.16. The minimum absolute atomic E-state index is 0.105. The number of carbonyl (C=O) groups is 1. The van der Waals surface area contributed by atoms with Crippen molar-refractivity contribution in [2.24, 2.45) is 0 Å². The van der Waals surface area contributed by atoms with Gasteiger partial charge in [-0.15, -0.1) is 0 Å². The highest BCUT2D eigenvalue weighted by atomic mass is 16.3. The summed E-state index contributed by atoms with van der Waals surface area (Å²) in [7, 11) is 0. The molecule has 0 saturated heterocycles. The minimum Gasteiger partial charge on any atom is -0.394 e. The molecule has 1 unspecified atom stereocenters. The maximum absolute atomic E-state index is 11.4. The van der Waals surface area contributed by atoms with Crippen molar-refractivity contribution in [3.05, 3.63) is 0 Å². The fraction of sp³-hybridized carbons (Fsp3) is 0.900. The predicted octanol–water partition coefficient (Wildman–Crippen LogP) is -0.766. The van der Waals surface area contributed by atoms with Crippen molar-refractivity contribution in [2.45, 2.75) is 38.8 Å². The van der Waals surface area contributed by atoms with E-state index in [1.54, 1.807) is 0 Å². The van der Waals surface area contributed by atoms with Crippen LogP contribution in [0.2, 0.25) is 0 Å². The molecule has 0 saturated carbocycles. The number of nitrogens with one attached hydrogen (secondary N) is 2. The summed E-state index contributed by atoms with van der Waals surface area (Å²) >= 11 is 0. The molecule has 4 N–H and O–H groups in total. The number of hydrogen-bond acceptors (Lipinski definition) is 4. The monoisotopic (exact) mass is 218 g/mol. The van der Waals surface area contributed by atoms with Crippen LogP contribution in [0.25, 0.3) is 0 Å². The van der Waals surface area contributed by atoms with Crippen LogP contribution in [0.15, 0.2) is 0 Å². The van der Waals surface area contributed by atoms with Crippen LogP contribution in [0.3, 0.4) is 0 Å². The summed E-state index contributed by atoms with van der Waals surface area (Å²) in [5.41, 5.74) is -0.200. The highest BCUT2D eigenvalue weighted by molar-refractivity contribution is 5.78. The second-order valence-electron chi connectivity index (χ2n) is 4.25. The summed E-state index contributed by atoms with van der Waals surface area (Å²) in [5, 5.41) is 23.2. The molecule has 0 heterocycles. The Bertz CT molecular complexity index is 195. The lowest BCUT2D eigenvalue weighted by Gasteiger charge is -2.24. The van der Waals surface area contributed by atoms with E-state index in [1.807, 2.05) is 20.8 Å². The van der Waals surface area contributed by atoms with Crippen LogP contribution in [-0.4, -0.2) is 47.5 Å². The van der Waals surface area contributed by atoms with Gasteiger partial charge in [-0.3, -0.25) is 4.79 Å². The molecule has 0 radical (unpaired) electrons. The Morgan fingerprint density at radius 3 is 2.53 bits per heavy atom. The highest BCUT2D eigenvalue weighted by Gasteiger charge is 2.17. The van der Waals surface area contributed by atoms with Crippen LogP contribution in [0.1, 0.15) is 27.2 Å². The van der Waals surface area contributed by atoms with E-state index in [0.29, 0.717) is 0 Å². The van der Waals surface area contributed by atoms with Crippen molar-refractivity contribution in [1.82, 2.24) is 10.6 Å². The molecule has 0 aliphatic rings. The third-order valence-corrected chi connectivity index (χ3v) is 2.24. The summed E-state index contributed by atoms with van der Waals surface area (Å²) in [6.45, 7) is 5.98. The van der Waals surface area contributed by atoms with Gasteiger partial charge in [0.2, 0.25) is 5.91 Å². The van der Waals surface area contributed by atoms with Gasteiger partial charge < -0.3 is 20.8 Å². The molecule has 5 heteroatoms. The molecule has 0 aromatic rings. The van der Waals surface area contributed by atoms with Crippen LogP contribution >= 0.6 is 0 Å². The molecule has 0 aliphatic heterocycles. The second kappa shape index (κ2) is 6.76. The molecule has 1 atom stereocenters. The first-order valence-electron chi connectivity index (χ1n) is 5.22. The van der Waals surface area contributed by atoms with E-state index in [4.69, 9.17) is 10.2 Å². The zero-order chi connectivity index (χ0) is 11.9. The molecule has 0 aromatic heterocycles. The van der Waals surface area contributed by atoms with Crippen LogP contribution in [-0.2, 0) is 4.79 Å². The van der Waals surface area contributed by atoms with Crippen molar-refractivity contribution < 1.29 is 15.0 Å². The molecule has 0 bridgehead atoms. The van der Waals surface area contributed by atoms with Crippen LogP contribution in [0.4, 0.5) is 0 Å². The van der Waals surface area contributed by atoms with Gasteiger partial charge in [0.05, 0.1) is 19.3 Å². The van der Waals surface area contributed by atoms with Gasteiger partial charge >= 0.3 is 0 Å². The molecule has 90 valence electrons. The van der Waals surface area contributed by atoms with Crippen molar-refractivity contribution in [2.75, 3.05) is 19.7 Å². The first-order valence-corrected chi connectivity index (χ1v) is 5.22. The molecule has 0 aliphatic carbocycles. The van der Waals surface area contributed by atoms with Gasteiger partial charge in [0, 0.05) is 12.1 Å². The number of carbonyl (C=O) groups excluding carboxylic acids is 1. The summed E-state index contributed by atoms with van der Waals surface area (Å²) in [6, 6.07) is 0. The van der Waals surface area contributed by atoms with Crippen LogP contribution in [0.5, 0.6) is 0 Å². The van der Waals surface area contributed by atoms with Crippen molar-refractivity contribution in [1.29, 1.82) is 0 Å². The second-order valence-corrected chi connectivity index (χ2v) is 4.25. The normalized spacial score (nSPS) is 13.7. The maximum Gasteiger partial charge on any atom is 0.234 e. The standard InChI is InChI=1S/C10H22N2O3/c1-4-10(2,3)12-9(15)6-11-5-8(14)7-13/h8,11,13-14H,4-7H2,1-3H3,(H,12,15). The van der Waals surface area contributed by atoms with E-state index in [9.17, 15) is 4.79 Å². The summed E-state index contributed by atoms with van der Waals surface area (Å²) in [5.74, 6) is -0.105. The number of rotatable bonds is 7. The van der Waals surface area contributed by atoms with Crippen LogP contribution < -0.4 is 10.6 Å². The molecule has 1 amide bonds. The Morgan fingerprint density at radius 2 is 2.07 bits per heavy atom. The summed E-state index contributed by atoms with van der Waals surface area (Å²) < 4.78 is 0. The van der Waals surface area contributed by atoms with E-state index in [1.165, 1.54) is 0 Å². The Kier molecular flexibility index (Phi) is 6.47. The Morgan fingerprint density at radius 1 is 1.47 bits per heavy atom. The summed E-state index contributed by atoms with van der Waals surface area (Å²) in [6.07, 6.45) is 0.0508. The van der Waals surface area contributed by atoms with E-state index in [2.05, 4.69) is 10.6 Å². The molecule has 0 rings (SSSR count). The number of aliphatic hydroxyl groups excluding tert-OH is 2. The fourth-order valence-corrected chi connectivity index (χ4v) is 0.927. The van der Waals surface area contributed by atoms with E-state index < -0.39 is 6.10 Å². The maximum atomic E-state index is 11.4. The van der Waals surface area contributed by atoms with E-state index in [-0.39, 0.29) is 31.1 Å². The highest BCUT2D eigenvalue weighted by Crippen LogP contribution is 2.05. The minimum atomic E-state index is -0.808. The molecule has 0 fully saturated rings. The van der Waals surface area contributed by atoms with Gasteiger partial charge in [-0.1, -0.05) is 6.92 Å². The Hall–Kier alpha value is -0.650. The first kappa shape index (κ1) is 14.3. The summed E-state index contributed by atoms with van der Waals surface area (Å²) in [4.78, 5) is 11.4. The van der Waals surface area contributed by atoms with Gasteiger partial charge in [0.25, 0.3) is 0 Å². The third-order valence-electron chi connectivity index (χ3n) is 2.24. The van der Waals surface area contributed by atoms with Gasteiger partial charge in [-0.25, -0.2) is 0 Å². The fourth-order valence-electron chi connectivity index (χ4n) is 0.927. The van der Waals surface area contributed by atoms with Gasteiger partial charge in [-0.2, -0.15) is 0 Å². The van der Waals surface area contributed by atoms with Crippen molar-refractivity contribution in [3.8, 4) is 0 Å². The average molecular weight is 218 g/mol. The Balaban J connectivity index is 3.67. The van der Waals surface area contributed by atoms with Gasteiger partial charge in [0.1, 0.15) is 0 Å². The third kappa shape index (κ3) is 7.30. The van der Waals surface area contributed by atoms with Crippen molar-refractivity contribution >= 4 is 5.91 Å². The molecule has 15 heavy (non-hydrogen) atoms. The molecular formula is C10H22N2O3. The van der Waals surface area contributed by atoms with Gasteiger partial charge in [-0.05, 0) is 20.3 Å². The largest absolute Gasteiger partial charge is 0.394 e. The molecule has 5 nitrogen and oxygen atoms in total. The SMILES string of the molecule is CCC(C)(C)NC(=O)CNCC(O)CO. The first-order chi connectivity index (χ1) is 6.91. The van der Waals surface area contributed by atoms with E-state index in [0.717, 1.165) is 6.42 Å².